The molecule has 0 aromatic heterocycles. The monoisotopic (exact) mass is 296 g/mol. The number of anilines is 1. The zero-order valence-electron chi connectivity index (χ0n) is 12.7. The Morgan fingerprint density at radius 2 is 1.77 bits per heavy atom. The second-order valence-corrected chi connectivity index (χ2v) is 5.50. The van der Waals surface area contributed by atoms with Gasteiger partial charge in [-0.15, -0.1) is 0 Å². The predicted octanol–water partition coefficient (Wildman–Crippen LogP) is 3.05. The fourth-order valence-corrected chi connectivity index (χ4v) is 2.63. The molecule has 2 aromatic rings. The molecule has 1 heterocycles. The molecule has 1 aliphatic heterocycles. The minimum Gasteiger partial charge on any atom is -0.457 e. The molecule has 0 bridgehead atoms. The van der Waals surface area contributed by atoms with Gasteiger partial charge in [0, 0.05) is 19.3 Å². The van der Waals surface area contributed by atoms with Gasteiger partial charge in [0.1, 0.15) is 11.5 Å². The second-order valence-electron chi connectivity index (χ2n) is 5.50. The van der Waals surface area contributed by atoms with Crippen molar-refractivity contribution in [3.8, 4) is 11.5 Å². The largest absolute Gasteiger partial charge is 0.457 e. The van der Waals surface area contributed by atoms with E-state index in [-0.39, 0.29) is 11.8 Å². The summed E-state index contributed by atoms with van der Waals surface area (Å²) in [4.78, 5) is 14.1. The Kier molecular flexibility index (Phi) is 4.39. The van der Waals surface area contributed by atoms with Crippen molar-refractivity contribution < 1.29 is 9.53 Å². The third kappa shape index (κ3) is 3.28. The highest BCUT2D eigenvalue weighted by molar-refractivity contribution is 5.94. The van der Waals surface area contributed by atoms with E-state index in [4.69, 9.17) is 4.74 Å². The summed E-state index contributed by atoms with van der Waals surface area (Å²) in [7, 11) is 1.83. The average Bonchev–Trinajstić information content (AvgIpc) is 3.10. The number of carbonyl (C=O) groups excluding carboxylic acids is 1. The number of amides is 1. The molecule has 1 atom stereocenters. The number of hydrogen-bond donors (Lipinski definition) is 1. The normalized spacial score (nSPS) is 17.2. The van der Waals surface area contributed by atoms with Crippen molar-refractivity contribution in [1.29, 1.82) is 0 Å². The molecule has 0 radical (unpaired) electrons. The summed E-state index contributed by atoms with van der Waals surface area (Å²) in [6, 6.07) is 17.3. The van der Waals surface area contributed by atoms with Gasteiger partial charge in [-0.1, -0.05) is 18.2 Å². The molecule has 1 unspecified atom stereocenters. The Balaban J connectivity index is 1.67. The first-order valence-electron chi connectivity index (χ1n) is 7.55. The minimum atomic E-state index is 0.0882. The van der Waals surface area contributed by atoms with Crippen LogP contribution in [-0.2, 0) is 4.79 Å². The van der Waals surface area contributed by atoms with Crippen LogP contribution in [0.25, 0.3) is 0 Å². The lowest BCUT2D eigenvalue weighted by molar-refractivity contribution is -0.121. The van der Waals surface area contributed by atoms with Crippen LogP contribution in [0.4, 0.5) is 5.69 Å². The van der Waals surface area contributed by atoms with Crippen LogP contribution in [-0.4, -0.2) is 26.0 Å². The van der Waals surface area contributed by atoms with Crippen molar-refractivity contribution in [2.24, 2.45) is 5.92 Å². The van der Waals surface area contributed by atoms with E-state index in [0.29, 0.717) is 0 Å². The first kappa shape index (κ1) is 14.6. The maximum Gasteiger partial charge on any atom is 0.231 e. The smallest absolute Gasteiger partial charge is 0.231 e. The number of nitrogens with zero attached hydrogens (tertiary/aromatic N) is 1. The molecule has 1 fully saturated rings. The fraction of sp³-hybridized carbons (Fsp3) is 0.278. The summed E-state index contributed by atoms with van der Waals surface area (Å²) in [5, 5.41) is 3.23. The quantitative estimate of drug-likeness (QED) is 0.943. The zero-order valence-corrected chi connectivity index (χ0v) is 12.7. The van der Waals surface area contributed by atoms with Gasteiger partial charge in [-0.3, -0.25) is 4.79 Å². The van der Waals surface area contributed by atoms with E-state index in [1.54, 1.807) is 4.90 Å². The van der Waals surface area contributed by atoms with Gasteiger partial charge in [-0.2, -0.15) is 0 Å². The van der Waals surface area contributed by atoms with Crippen molar-refractivity contribution in [2.75, 3.05) is 25.0 Å². The van der Waals surface area contributed by atoms with Gasteiger partial charge in [0.25, 0.3) is 0 Å². The van der Waals surface area contributed by atoms with Crippen LogP contribution in [0, 0.1) is 5.92 Å². The molecule has 0 saturated carbocycles. The lowest BCUT2D eigenvalue weighted by Gasteiger charge is -2.21. The molecule has 22 heavy (non-hydrogen) atoms. The molecule has 0 spiro atoms. The van der Waals surface area contributed by atoms with Crippen LogP contribution in [0.1, 0.15) is 6.42 Å². The first-order chi connectivity index (χ1) is 10.7. The maximum absolute atomic E-state index is 12.4. The standard InChI is InChI=1S/C18H20N2O2/c1-20(18(21)14-11-12-19-13-14)15-7-9-17(10-8-15)22-16-5-3-2-4-6-16/h2-10,14,19H,11-13H2,1H3. The molecular weight excluding hydrogens is 276 g/mol. The van der Waals surface area contributed by atoms with Crippen molar-refractivity contribution in [3.05, 3.63) is 54.6 Å². The Morgan fingerprint density at radius 1 is 1.09 bits per heavy atom. The number of para-hydroxylation sites is 1. The van der Waals surface area contributed by atoms with Crippen molar-refractivity contribution in [2.45, 2.75) is 6.42 Å². The molecule has 0 aliphatic carbocycles. The summed E-state index contributed by atoms with van der Waals surface area (Å²) < 4.78 is 5.76. The summed E-state index contributed by atoms with van der Waals surface area (Å²) in [5.74, 6) is 1.82. The van der Waals surface area contributed by atoms with E-state index in [9.17, 15) is 4.79 Å². The van der Waals surface area contributed by atoms with Gasteiger partial charge < -0.3 is 15.0 Å². The number of nitrogens with one attached hydrogen (secondary N) is 1. The van der Waals surface area contributed by atoms with E-state index in [2.05, 4.69) is 5.32 Å². The first-order valence-corrected chi connectivity index (χ1v) is 7.55. The molecule has 1 amide bonds. The Morgan fingerprint density at radius 3 is 2.41 bits per heavy atom. The van der Waals surface area contributed by atoms with Gasteiger partial charge in [-0.25, -0.2) is 0 Å². The molecule has 1 N–H and O–H groups in total. The van der Waals surface area contributed by atoms with E-state index in [1.807, 2.05) is 61.6 Å². The van der Waals surface area contributed by atoms with Crippen LogP contribution >= 0.6 is 0 Å². The minimum absolute atomic E-state index is 0.0882. The van der Waals surface area contributed by atoms with E-state index in [1.165, 1.54) is 0 Å². The molecule has 1 saturated heterocycles. The second kappa shape index (κ2) is 6.62. The van der Waals surface area contributed by atoms with Crippen LogP contribution in [0.3, 0.4) is 0 Å². The Labute approximate surface area is 130 Å². The van der Waals surface area contributed by atoms with Crippen LogP contribution in [0.5, 0.6) is 11.5 Å². The number of rotatable bonds is 4. The lowest BCUT2D eigenvalue weighted by Crippen LogP contribution is -2.33. The average molecular weight is 296 g/mol. The fourth-order valence-electron chi connectivity index (χ4n) is 2.63. The van der Waals surface area contributed by atoms with E-state index >= 15 is 0 Å². The van der Waals surface area contributed by atoms with Crippen LogP contribution in [0.2, 0.25) is 0 Å². The number of carbonyl (C=O) groups is 1. The number of benzene rings is 2. The third-order valence-electron chi connectivity index (χ3n) is 3.94. The molecule has 2 aromatic carbocycles. The molecule has 4 heteroatoms. The number of ether oxygens (including phenoxy) is 1. The van der Waals surface area contributed by atoms with E-state index in [0.717, 1.165) is 36.7 Å². The Hall–Kier alpha value is -2.33. The van der Waals surface area contributed by atoms with Crippen molar-refractivity contribution in [3.63, 3.8) is 0 Å². The van der Waals surface area contributed by atoms with Gasteiger partial charge in [-0.05, 0) is 49.4 Å². The van der Waals surface area contributed by atoms with Crippen molar-refractivity contribution >= 4 is 11.6 Å². The maximum atomic E-state index is 12.4. The van der Waals surface area contributed by atoms with Gasteiger partial charge >= 0.3 is 0 Å². The molecule has 3 rings (SSSR count). The van der Waals surface area contributed by atoms with Gasteiger partial charge in [0.05, 0.1) is 5.92 Å². The molecule has 1 aliphatic rings. The summed E-state index contributed by atoms with van der Waals surface area (Å²) in [6.07, 6.45) is 0.915. The van der Waals surface area contributed by atoms with Crippen molar-refractivity contribution in [1.82, 2.24) is 5.32 Å². The summed E-state index contributed by atoms with van der Waals surface area (Å²) in [6.45, 7) is 1.70. The predicted molar refractivity (Wildman–Crippen MR) is 87.3 cm³/mol. The van der Waals surface area contributed by atoms with Gasteiger partial charge in [0.2, 0.25) is 5.91 Å². The summed E-state index contributed by atoms with van der Waals surface area (Å²) >= 11 is 0. The zero-order chi connectivity index (χ0) is 15.4. The lowest BCUT2D eigenvalue weighted by atomic mass is 10.1. The topological polar surface area (TPSA) is 41.6 Å². The molecule has 4 nitrogen and oxygen atoms in total. The highest BCUT2D eigenvalue weighted by Gasteiger charge is 2.25. The van der Waals surface area contributed by atoms with Crippen LogP contribution in [0.15, 0.2) is 54.6 Å². The Bertz CT molecular complexity index is 619. The number of hydrogen-bond acceptors (Lipinski definition) is 3. The summed E-state index contributed by atoms with van der Waals surface area (Å²) in [5.41, 5.74) is 0.886. The van der Waals surface area contributed by atoms with Gasteiger partial charge in [0.15, 0.2) is 0 Å². The molecular formula is C18H20N2O2. The third-order valence-corrected chi connectivity index (χ3v) is 3.94. The van der Waals surface area contributed by atoms with E-state index < -0.39 is 0 Å². The SMILES string of the molecule is CN(C(=O)C1CCNC1)c1ccc(Oc2ccccc2)cc1. The highest BCUT2D eigenvalue weighted by Crippen LogP contribution is 2.25. The highest BCUT2D eigenvalue weighted by atomic mass is 16.5. The van der Waals surface area contributed by atoms with Crippen LogP contribution < -0.4 is 15.0 Å². The molecule has 114 valence electrons.